The number of hydrogen-bond acceptors (Lipinski definition) is 2. The third kappa shape index (κ3) is 3.25. The van der Waals surface area contributed by atoms with Crippen LogP contribution < -0.4 is 5.73 Å². The van der Waals surface area contributed by atoms with Crippen molar-refractivity contribution in [2.45, 2.75) is 32.4 Å². The summed E-state index contributed by atoms with van der Waals surface area (Å²) in [6.07, 6.45) is -0.218. The highest BCUT2D eigenvalue weighted by molar-refractivity contribution is 5.21. The molecule has 3 N–H and O–H groups in total. The molecule has 0 spiro atoms. The van der Waals surface area contributed by atoms with E-state index in [2.05, 4.69) is 0 Å². The van der Waals surface area contributed by atoms with Crippen LogP contribution >= 0.6 is 0 Å². The highest BCUT2D eigenvalue weighted by atomic mass is 19.2. The van der Waals surface area contributed by atoms with Crippen molar-refractivity contribution < 1.29 is 13.9 Å². The predicted molar refractivity (Wildman–Crippen MR) is 58.7 cm³/mol. The Morgan fingerprint density at radius 3 is 2.38 bits per heavy atom. The Labute approximate surface area is 94.1 Å². The molecule has 0 bridgehead atoms. The average molecular weight is 229 g/mol. The molecule has 1 aromatic rings. The van der Waals surface area contributed by atoms with E-state index in [0.717, 1.165) is 12.1 Å². The Morgan fingerprint density at radius 1 is 1.25 bits per heavy atom. The van der Waals surface area contributed by atoms with Crippen LogP contribution in [0, 0.1) is 17.6 Å². The Morgan fingerprint density at radius 2 is 1.88 bits per heavy atom. The normalized spacial score (nSPS) is 15.2. The highest BCUT2D eigenvalue weighted by Gasteiger charge is 2.19. The fourth-order valence-corrected chi connectivity index (χ4v) is 1.57. The summed E-state index contributed by atoms with van der Waals surface area (Å²) < 4.78 is 25.6. The van der Waals surface area contributed by atoms with Crippen LogP contribution in [0.4, 0.5) is 8.78 Å². The monoisotopic (exact) mass is 229 g/mol. The first-order valence-electron chi connectivity index (χ1n) is 5.30. The summed E-state index contributed by atoms with van der Waals surface area (Å²) in [5.41, 5.74) is 6.18. The van der Waals surface area contributed by atoms with Crippen molar-refractivity contribution in [1.82, 2.24) is 0 Å². The van der Waals surface area contributed by atoms with Crippen LogP contribution in [0.1, 0.15) is 31.9 Å². The van der Waals surface area contributed by atoms with Gasteiger partial charge in [0.05, 0.1) is 12.1 Å². The Kier molecular flexibility index (Phi) is 4.38. The molecule has 90 valence electrons. The molecule has 0 unspecified atom stereocenters. The number of aliphatic hydroxyl groups excluding tert-OH is 1. The van der Waals surface area contributed by atoms with Gasteiger partial charge in [0, 0.05) is 0 Å². The maximum atomic E-state index is 13.0. The lowest BCUT2D eigenvalue weighted by Crippen LogP contribution is -2.27. The fourth-order valence-electron chi connectivity index (χ4n) is 1.57. The summed E-state index contributed by atoms with van der Waals surface area (Å²) in [6.45, 7) is 3.92. The largest absolute Gasteiger partial charge is 0.391 e. The van der Waals surface area contributed by atoms with E-state index in [1.807, 2.05) is 13.8 Å². The smallest absolute Gasteiger partial charge is 0.159 e. The summed E-state index contributed by atoms with van der Waals surface area (Å²) in [7, 11) is 0. The minimum absolute atomic E-state index is 0.298. The van der Waals surface area contributed by atoms with Gasteiger partial charge in [-0.2, -0.15) is 0 Å². The number of rotatable bonds is 4. The first kappa shape index (κ1) is 13.1. The maximum absolute atomic E-state index is 13.0. The zero-order valence-corrected chi connectivity index (χ0v) is 9.45. The molecule has 0 saturated carbocycles. The van der Waals surface area contributed by atoms with Gasteiger partial charge in [-0.3, -0.25) is 0 Å². The zero-order valence-electron chi connectivity index (χ0n) is 9.45. The molecule has 0 saturated heterocycles. The van der Waals surface area contributed by atoms with Crippen LogP contribution in [0.5, 0.6) is 0 Å². The lowest BCUT2D eigenvalue weighted by Gasteiger charge is -2.20. The van der Waals surface area contributed by atoms with E-state index in [1.165, 1.54) is 6.07 Å². The number of halogens is 2. The number of hydrogen-bond donors (Lipinski definition) is 2. The number of benzene rings is 1. The summed E-state index contributed by atoms with van der Waals surface area (Å²) in [4.78, 5) is 0. The molecule has 0 amide bonds. The molecule has 1 rings (SSSR count). The average Bonchev–Trinajstić information content (AvgIpc) is 2.20. The van der Waals surface area contributed by atoms with Gasteiger partial charge in [-0.1, -0.05) is 19.9 Å². The second-order valence-corrected chi connectivity index (χ2v) is 4.40. The van der Waals surface area contributed by atoms with Gasteiger partial charge in [0.15, 0.2) is 11.6 Å². The summed E-state index contributed by atoms with van der Waals surface area (Å²) in [6, 6.07) is 2.76. The van der Waals surface area contributed by atoms with Gasteiger partial charge in [-0.15, -0.1) is 0 Å². The van der Waals surface area contributed by atoms with Crippen LogP contribution in [0.2, 0.25) is 0 Å². The lowest BCUT2D eigenvalue weighted by atomic mass is 9.95. The minimum atomic E-state index is -0.940. The van der Waals surface area contributed by atoms with E-state index in [0.29, 0.717) is 17.9 Å². The van der Waals surface area contributed by atoms with E-state index in [4.69, 9.17) is 5.73 Å². The predicted octanol–water partition coefficient (Wildman–Crippen LogP) is 2.37. The topological polar surface area (TPSA) is 46.2 Å². The van der Waals surface area contributed by atoms with Gasteiger partial charge in [-0.25, -0.2) is 8.78 Å². The minimum Gasteiger partial charge on any atom is -0.391 e. The van der Waals surface area contributed by atoms with Gasteiger partial charge in [0.25, 0.3) is 0 Å². The summed E-state index contributed by atoms with van der Waals surface area (Å²) in [5.74, 6) is -1.55. The maximum Gasteiger partial charge on any atom is 0.159 e. The lowest BCUT2D eigenvalue weighted by molar-refractivity contribution is 0.121. The third-order valence-electron chi connectivity index (χ3n) is 2.46. The van der Waals surface area contributed by atoms with Crippen LogP contribution in [0.25, 0.3) is 0 Å². The molecule has 0 radical (unpaired) electrons. The Bertz CT molecular complexity index is 355. The molecule has 0 aliphatic rings. The molecule has 0 heterocycles. The molecule has 16 heavy (non-hydrogen) atoms. The van der Waals surface area contributed by atoms with Gasteiger partial charge in [0.1, 0.15) is 0 Å². The van der Waals surface area contributed by atoms with E-state index in [1.54, 1.807) is 0 Å². The van der Waals surface area contributed by atoms with Crippen molar-refractivity contribution in [3.8, 4) is 0 Å². The van der Waals surface area contributed by atoms with Crippen molar-refractivity contribution in [3.63, 3.8) is 0 Å². The standard InChI is InChI=1S/C12H17F2NO/c1-7(2)5-11(16)12(15)8-3-4-9(13)10(14)6-8/h3-4,6-7,11-12,16H,5,15H2,1-2H3/t11-,12+/m1/s1. The van der Waals surface area contributed by atoms with Crippen LogP contribution in [0.15, 0.2) is 18.2 Å². The molecule has 0 fully saturated rings. The first-order chi connectivity index (χ1) is 7.41. The van der Waals surface area contributed by atoms with Crippen molar-refractivity contribution in [3.05, 3.63) is 35.4 Å². The van der Waals surface area contributed by atoms with Gasteiger partial charge in [0.2, 0.25) is 0 Å². The number of aliphatic hydroxyl groups is 1. The van der Waals surface area contributed by atoms with Crippen molar-refractivity contribution in [2.75, 3.05) is 0 Å². The second-order valence-electron chi connectivity index (χ2n) is 4.40. The quantitative estimate of drug-likeness (QED) is 0.832. The van der Waals surface area contributed by atoms with E-state index < -0.39 is 23.8 Å². The zero-order chi connectivity index (χ0) is 12.3. The molecule has 4 heteroatoms. The van der Waals surface area contributed by atoms with Gasteiger partial charge >= 0.3 is 0 Å². The SMILES string of the molecule is CC(C)C[C@@H](O)[C@@H](N)c1ccc(F)c(F)c1. The van der Waals surface area contributed by atoms with Crippen molar-refractivity contribution in [2.24, 2.45) is 11.7 Å². The molecule has 0 aliphatic heterocycles. The van der Waals surface area contributed by atoms with E-state index >= 15 is 0 Å². The van der Waals surface area contributed by atoms with Crippen LogP contribution in [-0.4, -0.2) is 11.2 Å². The summed E-state index contributed by atoms with van der Waals surface area (Å²) >= 11 is 0. The Hall–Kier alpha value is -1.00. The molecule has 2 atom stereocenters. The molecule has 2 nitrogen and oxygen atoms in total. The van der Waals surface area contributed by atoms with Crippen LogP contribution in [-0.2, 0) is 0 Å². The summed E-state index contributed by atoms with van der Waals surface area (Å²) in [5, 5.41) is 9.76. The third-order valence-corrected chi connectivity index (χ3v) is 2.46. The van der Waals surface area contributed by atoms with Crippen molar-refractivity contribution >= 4 is 0 Å². The van der Waals surface area contributed by atoms with Crippen LogP contribution in [0.3, 0.4) is 0 Å². The van der Waals surface area contributed by atoms with Crippen molar-refractivity contribution in [1.29, 1.82) is 0 Å². The molecule has 0 aliphatic carbocycles. The molecule has 1 aromatic carbocycles. The highest BCUT2D eigenvalue weighted by Crippen LogP contribution is 2.21. The molecular weight excluding hydrogens is 212 g/mol. The second kappa shape index (κ2) is 5.37. The van der Waals surface area contributed by atoms with Gasteiger partial charge < -0.3 is 10.8 Å². The molecular formula is C12H17F2NO. The van der Waals surface area contributed by atoms with E-state index in [-0.39, 0.29) is 0 Å². The number of nitrogens with two attached hydrogens (primary N) is 1. The molecule has 0 aromatic heterocycles. The Balaban J connectivity index is 2.79. The fraction of sp³-hybridized carbons (Fsp3) is 0.500. The van der Waals surface area contributed by atoms with E-state index in [9.17, 15) is 13.9 Å². The van der Waals surface area contributed by atoms with Gasteiger partial charge in [-0.05, 0) is 30.0 Å². The first-order valence-corrected chi connectivity index (χ1v) is 5.30.